The van der Waals surface area contributed by atoms with E-state index in [1.165, 1.54) is 0 Å². The molecule has 4 heteroatoms. The summed E-state index contributed by atoms with van der Waals surface area (Å²) in [5.41, 5.74) is 1.06. The fourth-order valence-electron chi connectivity index (χ4n) is 1.64. The molecule has 1 N–H and O–H groups in total. The molecule has 1 unspecified atom stereocenters. The summed E-state index contributed by atoms with van der Waals surface area (Å²) in [6, 6.07) is 15.2. The fourth-order valence-corrected chi connectivity index (χ4v) is 1.97. The summed E-state index contributed by atoms with van der Waals surface area (Å²) in [5.74, 6) is 0.608. The van der Waals surface area contributed by atoms with E-state index in [9.17, 15) is 0 Å². The van der Waals surface area contributed by atoms with Gasteiger partial charge in [-0.25, -0.2) is 0 Å². The molecule has 1 atom stereocenters. The van der Waals surface area contributed by atoms with E-state index in [4.69, 9.17) is 27.9 Å². The van der Waals surface area contributed by atoms with E-state index >= 15 is 0 Å². The molecule has 0 radical (unpaired) electrons. The van der Waals surface area contributed by atoms with Gasteiger partial charge in [0.05, 0.1) is 11.6 Å². The second kappa shape index (κ2) is 6.69. The molecular weight excluding hydrogens is 281 g/mol. The highest BCUT2D eigenvalue weighted by Gasteiger charge is 2.08. The molecule has 0 saturated carbocycles. The third-order valence-electron chi connectivity index (χ3n) is 2.59. The van der Waals surface area contributed by atoms with Gasteiger partial charge >= 0.3 is 0 Å². The minimum atomic E-state index is -0.0174. The molecule has 0 aliphatic rings. The van der Waals surface area contributed by atoms with Gasteiger partial charge in [-0.15, -0.1) is 0 Å². The molecule has 0 saturated heterocycles. The summed E-state index contributed by atoms with van der Waals surface area (Å²) in [5, 5.41) is 4.48. The van der Waals surface area contributed by atoms with Crippen LogP contribution in [0.3, 0.4) is 0 Å². The van der Waals surface area contributed by atoms with E-state index in [-0.39, 0.29) is 6.10 Å². The van der Waals surface area contributed by atoms with E-state index < -0.39 is 0 Å². The zero-order valence-electron chi connectivity index (χ0n) is 10.6. The van der Waals surface area contributed by atoms with Crippen LogP contribution < -0.4 is 10.1 Å². The number of nitrogens with one attached hydrogen (secondary N) is 1. The average Bonchev–Trinajstić information content (AvgIpc) is 2.42. The van der Waals surface area contributed by atoms with Crippen molar-refractivity contribution in [2.75, 3.05) is 11.9 Å². The number of para-hydroxylation sites is 1. The number of ether oxygens (including phenoxy) is 1. The van der Waals surface area contributed by atoms with Crippen molar-refractivity contribution in [2.45, 2.75) is 13.0 Å². The Balaban J connectivity index is 1.90. The Morgan fingerprint density at radius 2 is 1.84 bits per heavy atom. The van der Waals surface area contributed by atoms with Crippen LogP contribution in [-0.2, 0) is 0 Å². The van der Waals surface area contributed by atoms with E-state index in [1.54, 1.807) is 18.2 Å². The van der Waals surface area contributed by atoms with Crippen LogP contribution >= 0.6 is 23.2 Å². The van der Waals surface area contributed by atoms with Crippen molar-refractivity contribution < 1.29 is 4.74 Å². The predicted molar refractivity (Wildman–Crippen MR) is 81.5 cm³/mol. The normalized spacial score (nSPS) is 11.9. The van der Waals surface area contributed by atoms with Gasteiger partial charge in [0.1, 0.15) is 11.9 Å². The van der Waals surface area contributed by atoms with Crippen LogP contribution in [0.2, 0.25) is 10.0 Å². The van der Waals surface area contributed by atoms with Crippen LogP contribution in [0.15, 0.2) is 48.5 Å². The summed E-state index contributed by atoms with van der Waals surface area (Å²) in [6.45, 7) is 2.67. The monoisotopic (exact) mass is 295 g/mol. The highest BCUT2D eigenvalue weighted by molar-refractivity contribution is 6.34. The molecule has 0 bridgehead atoms. The maximum absolute atomic E-state index is 6.05. The first-order valence-electron chi connectivity index (χ1n) is 6.06. The first kappa shape index (κ1) is 14.0. The molecule has 100 valence electrons. The zero-order chi connectivity index (χ0) is 13.7. The number of anilines is 1. The number of hydrogen-bond acceptors (Lipinski definition) is 2. The van der Waals surface area contributed by atoms with Gasteiger partial charge in [0.2, 0.25) is 0 Å². The van der Waals surface area contributed by atoms with E-state index in [0.717, 1.165) is 5.69 Å². The molecule has 2 nitrogen and oxygen atoms in total. The molecule has 19 heavy (non-hydrogen) atoms. The minimum Gasteiger partial charge on any atom is -0.487 e. The molecule has 2 aromatic rings. The Morgan fingerprint density at radius 1 is 1.11 bits per heavy atom. The van der Waals surface area contributed by atoms with Crippen molar-refractivity contribution >= 4 is 28.9 Å². The Morgan fingerprint density at radius 3 is 2.58 bits per heavy atom. The fraction of sp³-hybridized carbons (Fsp3) is 0.200. The topological polar surface area (TPSA) is 21.3 Å². The lowest BCUT2D eigenvalue weighted by molar-refractivity contribution is 0.235. The van der Waals surface area contributed by atoms with Gasteiger partial charge in [-0.3, -0.25) is 0 Å². The molecule has 0 spiro atoms. The summed E-state index contributed by atoms with van der Waals surface area (Å²) in [4.78, 5) is 0. The summed E-state index contributed by atoms with van der Waals surface area (Å²) in [6.07, 6.45) is -0.0174. The molecule has 2 rings (SSSR count). The van der Waals surface area contributed by atoms with Crippen molar-refractivity contribution in [1.82, 2.24) is 0 Å². The van der Waals surface area contributed by atoms with Crippen LogP contribution in [0.4, 0.5) is 5.69 Å². The Bertz CT molecular complexity index is 531. The number of hydrogen-bond donors (Lipinski definition) is 1. The van der Waals surface area contributed by atoms with E-state index in [1.807, 2.05) is 37.3 Å². The van der Waals surface area contributed by atoms with Gasteiger partial charge in [0, 0.05) is 16.8 Å². The van der Waals surface area contributed by atoms with Crippen LogP contribution in [0.5, 0.6) is 5.75 Å². The maximum Gasteiger partial charge on any atom is 0.139 e. The lowest BCUT2D eigenvalue weighted by Gasteiger charge is -2.17. The summed E-state index contributed by atoms with van der Waals surface area (Å²) >= 11 is 12.0. The van der Waals surface area contributed by atoms with Crippen LogP contribution in [0.25, 0.3) is 0 Å². The van der Waals surface area contributed by atoms with Gasteiger partial charge in [0.25, 0.3) is 0 Å². The second-order valence-corrected chi connectivity index (χ2v) is 5.09. The Kier molecular flexibility index (Phi) is 4.94. The SMILES string of the molecule is CC(CNc1ccccc1)Oc1cc(Cl)ccc1Cl. The smallest absolute Gasteiger partial charge is 0.139 e. The Hall–Kier alpha value is -1.38. The molecule has 0 aliphatic heterocycles. The number of halogens is 2. The summed E-state index contributed by atoms with van der Waals surface area (Å²) < 4.78 is 5.77. The molecule has 0 heterocycles. The van der Waals surface area contributed by atoms with Gasteiger partial charge in [-0.2, -0.15) is 0 Å². The summed E-state index contributed by atoms with van der Waals surface area (Å²) in [7, 11) is 0. The second-order valence-electron chi connectivity index (χ2n) is 4.25. The zero-order valence-corrected chi connectivity index (χ0v) is 12.1. The highest BCUT2D eigenvalue weighted by atomic mass is 35.5. The molecule has 0 aliphatic carbocycles. The first-order valence-corrected chi connectivity index (χ1v) is 6.81. The van der Waals surface area contributed by atoms with Crippen molar-refractivity contribution in [3.05, 3.63) is 58.6 Å². The van der Waals surface area contributed by atoms with Gasteiger partial charge in [0.15, 0.2) is 0 Å². The predicted octanol–water partition coefficient (Wildman–Crippen LogP) is 4.87. The minimum absolute atomic E-state index is 0.0174. The van der Waals surface area contributed by atoms with Crippen LogP contribution in [0, 0.1) is 0 Å². The van der Waals surface area contributed by atoms with Gasteiger partial charge in [-0.05, 0) is 31.2 Å². The number of benzene rings is 2. The van der Waals surface area contributed by atoms with Crippen LogP contribution in [-0.4, -0.2) is 12.6 Å². The van der Waals surface area contributed by atoms with Crippen molar-refractivity contribution in [3.8, 4) is 5.75 Å². The molecule has 0 aromatic heterocycles. The third kappa shape index (κ3) is 4.34. The maximum atomic E-state index is 6.05. The molecule has 0 amide bonds. The molecule has 2 aromatic carbocycles. The van der Waals surface area contributed by atoms with Gasteiger partial charge < -0.3 is 10.1 Å². The highest BCUT2D eigenvalue weighted by Crippen LogP contribution is 2.28. The third-order valence-corrected chi connectivity index (χ3v) is 3.14. The quantitative estimate of drug-likeness (QED) is 0.849. The van der Waals surface area contributed by atoms with Crippen molar-refractivity contribution in [2.24, 2.45) is 0 Å². The molecular formula is C15H15Cl2NO. The van der Waals surface area contributed by atoms with Crippen molar-refractivity contribution in [3.63, 3.8) is 0 Å². The Labute approximate surface area is 123 Å². The van der Waals surface area contributed by atoms with E-state index in [2.05, 4.69) is 5.32 Å². The first-order chi connectivity index (χ1) is 9.15. The molecule has 0 fully saturated rings. The largest absolute Gasteiger partial charge is 0.487 e. The van der Waals surface area contributed by atoms with E-state index in [0.29, 0.717) is 22.3 Å². The lowest BCUT2D eigenvalue weighted by atomic mass is 10.3. The average molecular weight is 296 g/mol. The standard InChI is InChI=1S/C15H15Cl2NO/c1-11(10-18-13-5-3-2-4-6-13)19-15-9-12(16)7-8-14(15)17/h2-9,11,18H,10H2,1H3. The van der Waals surface area contributed by atoms with Crippen LogP contribution in [0.1, 0.15) is 6.92 Å². The van der Waals surface area contributed by atoms with Crippen molar-refractivity contribution in [1.29, 1.82) is 0 Å². The van der Waals surface area contributed by atoms with Gasteiger partial charge in [-0.1, -0.05) is 41.4 Å². The number of rotatable bonds is 5. The lowest BCUT2D eigenvalue weighted by Crippen LogP contribution is -2.22.